The number of nitrogens with one attached hydrogen (secondary N) is 1. The molecule has 2 saturated heterocycles. The molecule has 2 heterocycles. The van der Waals surface area contributed by atoms with E-state index < -0.39 is 0 Å². The molecule has 1 atom stereocenters. The Morgan fingerprint density at radius 1 is 0.868 bits per heavy atom. The van der Waals surface area contributed by atoms with Crippen LogP contribution in [0.1, 0.15) is 46.3 Å². The lowest BCUT2D eigenvalue weighted by Gasteiger charge is -2.32. The third kappa shape index (κ3) is 7.09. The van der Waals surface area contributed by atoms with E-state index in [1.165, 1.54) is 16.7 Å². The first-order valence-electron chi connectivity index (χ1n) is 13.4. The smallest absolute Gasteiger partial charge is 0.251 e. The summed E-state index contributed by atoms with van der Waals surface area (Å²) in [5.41, 5.74) is 4.35. The Kier molecular flexibility index (Phi) is 8.90. The minimum atomic E-state index is -0.112. The fourth-order valence-electron chi connectivity index (χ4n) is 5.41. The SMILES string of the molecule is Cc1cc(CN2CC[C@H](NC(=O)c3ccc(Cl)c(Cl)c3)C2)ccc1OC1CCN(Cc2ccccc2)CC1. The van der Waals surface area contributed by atoms with Gasteiger partial charge in [-0.2, -0.15) is 0 Å². The number of benzene rings is 3. The third-order valence-corrected chi connectivity index (χ3v) is 8.25. The van der Waals surface area contributed by atoms with E-state index >= 15 is 0 Å². The summed E-state index contributed by atoms with van der Waals surface area (Å²) in [5, 5.41) is 3.98. The van der Waals surface area contributed by atoms with Crippen molar-refractivity contribution in [3.8, 4) is 5.75 Å². The van der Waals surface area contributed by atoms with Crippen LogP contribution < -0.4 is 10.1 Å². The molecule has 0 saturated carbocycles. The van der Waals surface area contributed by atoms with Crippen LogP contribution in [-0.2, 0) is 13.1 Å². The maximum atomic E-state index is 12.6. The molecular weight excluding hydrogens is 517 g/mol. The number of rotatable bonds is 8. The molecule has 200 valence electrons. The number of aryl methyl sites for hydroxylation is 1. The number of amides is 1. The topological polar surface area (TPSA) is 44.8 Å². The number of ether oxygens (including phenoxy) is 1. The number of carbonyl (C=O) groups is 1. The molecule has 0 aliphatic carbocycles. The molecule has 5 nitrogen and oxygen atoms in total. The first-order chi connectivity index (χ1) is 18.4. The van der Waals surface area contributed by atoms with Crippen LogP contribution in [-0.4, -0.2) is 54.0 Å². The second kappa shape index (κ2) is 12.5. The zero-order valence-corrected chi connectivity index (χ0v) is 23.3. The van der Waals surface area contributed by atoms with Gasteiger partial charge in [-0.05, 0) is 67.1 Å². The molecule has 3 aromatic carbocycles. The van der Waals surface area contributed by atoms with E-state index in [2.05, 4.69) is 70.6 Å². The first-order valence-corrected chi connectivity index (χ1v) is 14.2. The molecule has 38 heavy (non-hydrogen) atoms. The lowest BCUT2D eigenvalue weighted by Crippen LogP contribution is -2.37. The van der Waals surface area contributed by atoms with E-state index in [1.54, 1.807) is 18.2 Å². The second-order valence-electron chi connectivity index (χ2n) is 10.5. The van der Waals surface area contributed by atoms with Gasteiger partial charge in [-0.25, -0.2) is 0 Å². The lowest BCUT2D eigenvalue weighted by atomic mass is 10.1. The first kappa shape index (κ1) is 27.0. The molecule has 0 aromatic heterocycles. The Balaban J connectivity index is 1.07. The Bertz CT molecular complexity index is 1250. The van der Waals surface area contributed by atoms with E-state index in [9.17, 15) is 4.79 Å². The van der Waals surface area contributed by atoms with Crippen LogP contribution in [0.2, 0.25) is 10.0 Å². The van der Waals surface area contributed by atoms with Crippen molar-refractivity contribution in [1.82, 2.24) is 15.1 Å². The summed E-state index contributed by atoms with van der Waals surface area (Å²) in [5.74, 6) is 0.877. The zero-order chi connectivity index (χ0) is 26.5. The molecule has 0 radical (unpaired) electrons. The summed E-state index contributed by atoms with van der Waals surface area (Å²) in [6.45, 7) is 7.91. The van der Waals surface area contributed by atoms with Gasteiger partial charge < -0.3 is 10.1 Å². The minimum Gasteiger partial charge on any atom is -0.490 e. The highest BCUT2D eigenvalue weighted by atomic mass is 35.5. The van der Waals surface area contributed by atoms with Crippen LogP contribution in [0, 0.1) is 6.92 Å². The molecular formula is C31H35Cl2N3O2. The Morgan fingerprint density at radius 2 is 1.61 bits per heavy atom. The molecule has 2 aliphatic heterocycles. The average molecular weight is 553 g/mol. The van der Waals surface area contributed by atoms with E-state index in [4.69, 9.17) is 27.9 Å². The molecule has 3 aromatic rings. The summed E-state index contributed by atoms with van der Waals surface area (Å²) in [4.78, 5) is 17.5. The molecule has 1 N–H and O–H groups in total. The minimum absolute atomic E-state index is 0.112. The maximum absolute atomic E-state index is 12.6. The molecule has 0 bridgehead atoms. The third-order valence-electron chi connectivity index (χ3n) is 7.51. The van der Waals surface area contributed by atoms with Crippen molar-refractivity contribution < 1.29 is 9.53 Å². The van der Waals surface area contributed by atoms with Crippen LogP contribution in [0.5, 0.6) is 5.75 Å². The quantitative estimate of drug-likeness (QED) is 0.354. The number of piperidine rings is 1. The highest BCUT2D eigenvalue weighted by molar-refractivity contribution is 6.42. The van der Waals surface area contributed by atoms with Crippen molar-refractivity contribution >= 4 is 29.1 Å². The summed E-state index contributed by atoms with van der Waals surface area (Å²) < 4.78 is 6.42. The molecule has 0 unspecified atom stereocenters. The molecule has 2 aliphatic rings. The maximum Gasteiger partial charge on any atom is 0.251 e. The molecule has 1 amide bonds. The Hall–Kier alpha value is -2.57. The van der Waals surface area contributed by atoms with Crippen molar-refractivity contribution in [3.63, 3.8) is 0 Å². The standard InChI is InChI=1S/C31H35Cl2N3O2/c1-22-17-24(20-36-14-11-26(21-36)34-31(37)25-8-9-28(32)29(33)18-25)7-10-30(22)38-27-12-15-35(16-13-27)19-23-5-3-2-4-6-23/h2-10,17-18,26-27H,11-16,19-21H2,1H3,(H,34,37)/t26-/m0/s1. The van der Waals surface area contributed by atoms with Crippen LogP contribution >= 0.6 is 23.2 Å². The number of carbonyl (C=O) groups excluding carboxylic acids is 1. The molecule has 0 spiro atoms. The van der Waals surface area contributed by atoms with E-state index in [0.717, 1.165) is 64.3 Å². The van der Waals surface area contributed by atoms with Gasteiger partial charge in [-0.15, -0.1) is 0 Å². The van der Waals surface area contributed by atoms with Gasteiger partial charge in [0.1, 0.15) is 11.9 Å². The number of nitrogens with zero attached hydrogens (tertiary/aromatic N) is 2. The predicted molar refractivity (Wildman–Crippen MR) is 154 cm³/mol. The largest absolute Gasteiger partial charge is 0.490 e. The van der Waals surface area contributed by atoms with Gasteiger partial charge in [0.25, 0.3) is 5.91 Å². The van der Waals surface area contributed by atoms with E-state index in [0.29, 0.717) is 15.6 Å². The monoisotopic (exact) mass is 551 g/mol. The van der Waals surface area contributed by atoms with Crippen LogP contribution in [0.15, 0.2) is 66.7 Å². The van der Waals surface area contributed by atoms with Gasteiger partial charge in [0.05, 0.1) is 10.0 Å². The molecule has 7 heteroatoms. The molecule has 5 rings (SSSR count). The van der Waals surface area contributed by atoms with E-state index in [-0.39, 0.29) is 18.1 Å². The number of hydrogen-bond donors (Lipinski definition) is 1. The normalized spacial score (nSPS) is 19.0. The van der Waals surface area contributed by atoms with Crippen molar-refractivity contribution in [3.05, 3.63) is 99.0 Å². The number of halogens is 2. The van der Waals surface area contributed by atoms with Crippen molar-refractivity contribution in [1.29, 1.82) is 0 Å². The van der Waals surface area contributed by atoms with Gasteiger partial charge in [-0.3, -0.25) is 14.6 Å². The van der Waals surface area contributed by atoms with Gasteiger partial charge in [-0.1, -0.05) is 65.7 Å². The van der Waals surface area contributed by atoms with Crippen molar-refractivity contribution in [2.24, 2.45) is 0 Å². The summed E-state index contributed by atoms with van der Waals surface area (Å²) in [7, 11) is 0. The van der Waals surface area contributed by atoms with Gasteiger partial charge in [0.2, 0.25) is 0 Å². The predicted octanol–water partition coefficient (Wildman–Crippen LogP) is 6.35. The summed E-state index contributed by atoms with van der Waals surface area (Å²) in [6, 6.07) is 22.3. The average Bonchev–Trinajstić information content (AvgIpc) is 3.35. The van der Waals surface area contributed by atoms with Crippen LogP contribution in [0.25, 0.3) is 0 Å². The summed E-state index contributed by atoms with van der Waals surface area (Å²) in [6.07, 6.45) is 3.30. The van der Waals surface area contributed by atoms with Crippen molar-refractivity contribution in [2.75, 3.05) is 26.2 Å². The Morgan fingerprint density at radius 3 is 2.34 bits per heavy atom. The Labute approximate surface area is 235 Å². The zero-order valence-electron chi connectivity index (χ0n) is 21.8. The van der Waals surface area contributed by atoms with Crippen LogP contribution in [0.4, 0.5) is 0 Å². The van der Waals surface area contributed by atoms with Gasteiger partial charge >= 0.3 is 0 Å². The fourth-order valence-corrected chi connectivity index (χ4v) is 5.70. The highest BCUT2D eigenvalue weighted by Gasteiger charge is 2.25. The molecule has 2 fully saturated rings. The van der Waals surface area contributed by atoms with Crippen LogP contribution in [0.3, 0.4) is 0 Å². The summed E-state index contributed by atoms with van der Waals surface area (Å²) >= 11 is 12.0. The van der Waals surface area contributed by atoms with Gasteiger partial charge in [0.15, 0.2) is 0 Å². The number of likely N-dealkylation sites (tertiary alicyclic amines) is 2. The number of hydrogen-bond acceptors (Lipinski definition) is 4. The lowest BCUT2D eigenvalue weighted by molar-refractivity contribution is 0.0937. The van der Waals surface area contributed by atoms with E-state index in [1.807, 2.05) is 0 Å². The van der Waals surface area contributed by atoms with Gasteiger partial charge in [0, 0.05) is 50.9 Å². The van der Waals surface area contributed by atoms with Crippen molar-refractivity contribution in [2.45, 2.75) is 51.4 Å². The fraction of sp³-hybridized carbons (Fsp3) is 0.387. The highest BCUT2D eigenvalue weighted by Crippen LogP contribution is 2.26. The second-order valence-corrected chi connectivity index (χ2v) is 11.3.